The van der Waals surface area contributed by atoms with Crippen LogP contribution in [0.1, 0.15) is 36.7 Å². The fraction of sp³-hybridized carbons (Fsp3) is 0.250. The number of fused-ring (bicyclic) bond motifs is 1. The number of anilines is 1. The van der Waals surface area contributed by atoms with E-state index in [9.17, 15) is 4.79 Å². The average molecular weight is 323 g/mol. The Kier molecular flexibility index (Phi) is 5.16. The van der Waals surface area contributed by atoms with Crippen molar-refractivity contribution < 1.29 is 13.9 Å². The van der Waals surface area contributed by atoms with Gasteiger partial charge in [0.05, 0.1) is 6.61 Å². The number of para-hydroxylation sites is 1. The largest absolute Gasteiger partial charge is 0.494 e. The van der Waals surface area contributed by atoms with Gasteiger partial charge in [0.1, 0.15) is 11.3 Å². The second-order valence-corrected chi connectivity index (χ2v) is 5.68. The number of amides is 1. The van der Waals surface area contributed by atoms with Crippen LogP contribution in [-0.2, 0) is 0 Å². The van der Waals surface area contributed by atoms with Crippen molar-refractivity contribution in [2.75, 3.05) is 11.9 Å². The lowest BCUT2D eigenvalue weighted by molar-refractivity contribution is 0.0998. The van der Waals surface area contributed by atoms with Crippen LogP contribution in [0.4, 0.5) is 5.69 Å². The first-order valence-corrected chi connectivity index (χ1v) is 8.29. The third kappa shape index (κ3) is 3.96. The zero-order valence-corrected chi connectivity index (χ0v) is 13.7. The van der Waals surface area contributed by atoms with E-state index in [-0.39, 0.29) is 5.91 Å². The molecule has 0 unspecified atom stereocenters. The molecule has 1 aromatic heterocycles. The Morgan fingerprint density at radius 1 is 1.08 bits per heavy atom. The maximum atomic E-state index is 12.3. The van der Waals surface area contributed by atoms with Crippen LogP contribution in [0.3, 0.4) is 0 Å². The van der Waals surface area contributed by atoms with E-state index in [4.69, 9.17) is 9.15 Å². The summed E-state index contributed by atoms with van der Waals surface area (Å²) in [4.78, 5) is 12.3. The first-order valence-electron chi connectivity index (χ1n) is 8.29. The molecule has 3 rings (SSSR count). The molecule has 0 spiro atoms. The highest BCUT2D eigenvalue weighted by Crippen LogP contribution is 2.21. The average Bonchev–Trinajstić information content (AvgIpc) is 3.04. The Balaban J connectivity index is 1.59. The second-order valence-electron chi connectivity index (χ2n) is 5.68. The second kappa shape index (κ2) is 7.68. The van der Waals surface area contributed by atoms with E-state index in [1.165, 1.54) is 12.8 Å². The summed E-state index contributed by atoms with van der Waals surface area (Å²) >= 11 is 0. The van der Waals surface area contributed by atoms with Crippen molar-refractivity contribution in [3.8, 4) is 5.75 Å². The topological polar surface area (TPSA) is 51.5 Å². The van der Waals surface area contributed by atoms with E-state index < -0.39 is 0 Å². The standard InChI is InChI=1S/C20H21NO3/c1-2-3-6-13-23-17-11-9-16(10-12-17)21-20(22)19-14-15-7-4-5-8-18(15)24-19/h4-5,7-12,14H,2-3,6,13H2,1H3,(H,21,22). The summed E-state index contributed by atoms with van der Waals surface area (Å²) in [6.07, 6.45) is 3.41. The van der Waals surface area contributed by atoms with Crippen LogP contribution < -0.4 is 10.1 Å². The molecular formula is C20H21NO3. The van der Waals surface area contributed by atoms with Gasteiger partial charge in [0.25, 0.3) is 5.91 Å². The first kappa shape index (κ1) is 16.1. The van der Waals surface area contributed by atoms with Crippen molar-refractivity contribution in [1.82, 2.24) is 0 Å². The SMILES string of the molecule is CCCCCOc1ccc(NC(=O)c2cc3ccccc3o2)cc1. The van der Waals surface area contributed by atoms with Crippen LogP contribution in [-0.4, -0.2) is 12.5 Å². The summed E-state index contributed by atoms with van der Waals surface area (Å²) in [5.74, 6) is 0.853. The lowest BCUT2D eigenvalue weighted by Crippen LogP contribution is -2.10. The van der Waals surface area contributed by atoms with Crippen molar-refractivity contribution in [3.63, 3.8) is 0 Å². The molecule has 4 nitrogen and oxygen atoms in total. The minimum atomic E-state index is -0.261. The monoisotopic (exact) mass is 323 g/mol. The Labute approximate surface area is 141 Å². The van der Waals surface area contributed by atoms with E-state index >= 15 is 0 Å². The molecule has 0 aliphatic heterocycles. The Morgan fingerprint density at radius 3 is 2.62 bits per heavy atom. The number of ether oxygens (including phenoxy) is 1. The molecule has 4 heteroatoms. The lowest BCUT2D eigenvalue weighted by atomic mass is 10.2. The first-order chi connectivity index (χ1) is 11.8. The molecule has 0 aliphatic rings. The predicted molar refractivity (Wildman–Crippen MR) is 95.6 cm³/mol. The van der Waals surface area contributed by atoms with Gasteiger partial charge in [0.15, 0.2) is 5.76 Å². The van der Waals surface area contributed by atoms with Gasteiger partial charge in [0, 0.05) is 11.1 Å². The van der Waals surface area contributed by atoms with Crippen LogP contribution in [0.15, 0.2) is 59.0 Å². The van der Waals surface area contributed by atoms with E-state index in [1.54, 1.807) is 6.07 Å². The minimum Gasteiger partial charge on any atom is -0.494 e. The van der Waals surface area contributed by atoms with E-state index in [0.29, 0.717) is 17.0 Å². The third-order valence-corrected chi connectivity index (χ3v) is 3.78. The molecule has 0 aliphatic carbocycles. The molecule has 1 amide bonds. The number of rotatable bonds is 7. The normalized spacial score (nSPS) is 10.7. The molecule has 0 fully saturated rings. The van der Waals surface area contributed by atoms with Crippen LogP contribution >= 0.6 is 0 Å². The van der Waals surface area contributed by atoms with Gasteiger partial charge < -0.3 is 14.5 Å². The number of nitrogens with one attached hydrogen (secondary N) is 1. The molecule has 0 saturated heterocycles. The fourth-order valence-electron chi connectivity index (χ4n) is 2.46. The van der Waals surface area contributed by atoms with E-state index in [2.05, 4.69) is 12.2 Å². The Bertz CT molecular complexity index is 772. The van der Waals surface area contributed by atoms with Gasteiger partial charge in [-0.25, -0.2) is 0 Å². The van der Waals surface area contributed by atoms with E-state index in [0.717, 1.165) is 24.2 Å². The molecule has 1 heterocycles. The molecule has 3 aromatic rings. The summed E-state index contributed by atoms with van der Waals surface area (Å²) in [5.41, 5.74) is 1.42. The molecule has 0 saturated carbocycles. The fourth-order valence-corrected chi connectivity index (χ4v) is 2.46. The quantitative estimate of drug-likeness (QED) is 0.604. The highest BCUT2D eigenvalue weighted by atomic mass is 16.5. The number of unbranched alkanes of at least 4 members (excludes halogenated alkanes) is 2. The molecule has 0 radical (unpaired) electrons. The number of carbonyl (C=O) groups is 1. The van der Waals surface area contributed by atoms with Crippen molar-refractivity contribution >= 4 is 22.6 Å². The van der Waals surface area contributed by atoms with E-state index in [1.807, 2.05) is 48.5 Å². The van der Waals surface area contributed by atoms with Gasteiger partial charge in [-0.1, -0.05) is 38.0 Å². The van der Waals surface area contributed by atoms with Crippen LogP contribution in [0.2, 0.25) is 0 Å². The Hall–Kier alpha value is -2.75. The van der Waals surface area contributed by atoms with Gasteiger partial charge in [-0.2, -0.15) is 0 Å². The summed E-state index contributed by atoms with van der Waals surface area (Å²) in [7, 11) is 0. The maximum Gasteiger partial charge on any atom is 0.291 e. The number of carbonyl (C=O) groups excluding carboxylic acids is 1. The molecule has 2 aromatic carbocycles. The minimum absolute atomic E-state index is 0.261. The smallest absolute Gasteiger partial charge is 0.291 e. The maximum absolute atomic E-state index is 12.3. The number of hydrogen-bond acceptors (Lipinski definition) is 3. The van der Waals surface area contributed by atoms with Gasteiger partial charge in [0.2, 0.25) is 0 Å². The number of hydrogen-bond donors (Lipinski definition) is 1. The van der Waals surface area contributed by atoms with Gasteiger partial charge in [-0.15, -0.1) is 0 Å². The molecule has 0 bridgehead atoms. The van der Waals surface area contributed by atoms with Gasteiger partial charge in [-0.05, 0) is 42.8 Å². The van der Waals surface area contributed by atoms with Crippen LogP contribution in [0.5, 0.6) is 5.75 Å². The van der Waals surface area contributed by atoms with Crippen molar-refractivity contribution in [2.45, 2.75) is 26.2 Å². The predicted octanol–water partition coefficient (Wildman–Crippen LogP) is 5.25. The highest BCUT2D eigenvalue weighted by molar-refractivity contribution is 6.04. The summed E-state index contributed by atoms with van der Waals surface area (Å²) < 4.78 is 11.2. The van der Waals surface area contributed by atoms with Crippen molar-refractivity contribution in [3.05, 3.63) is 60.4 Å². The van der Waals surface area contributed by atoms with Gasteiger partial charge in [-0.3, -0.25) is 4.79 Å². The number of benzene rings is 2. The molecule has 0 atom stereocenters. The third-order valence-electron chi connectivity index (χ3n) is 3.78. The molecule has 24 heavy (non-hydrogen) atoms. The molecular weight excluding hydrogens is 302 g/mol. The van der Waals surface area contributed by atoms with Crippen LogP contribution in [0.25, 0.3) is 11.0 Å². The Morgan fingerprint density at radius 2 is 1.88 bits per heavy atom. The highest BCUT2D eigenvalue weighted by Gasteiger charge is 2.12. The van der Waals surface area contributed by atoms with Crippen molar-refractivity contribution in [2.24, 2.45) is 0 Å². The molecule has 124 valence electrons. The summed E-state index contributed by atoms with van der Waals surface area (Å²) in [5, 5.41) is 3.75. The molecule has 1 N–H and O–H groups in total. The lowest BCUT2D eigenvalue weighted by Gasteiger charge is -2.07. The van der Waals surface area contributed by atoms with Crippen molar-refractivity contribution in [1.29, 1.82) is 0 Å². The van der Waals surface area contributed by atoms with Gasteiger partial charge >= 0.3 is 0 Å². The van der Waals surface area contributed by atoms with Crippen LogP contribution in [0, 0.1) is 0 Å². The summed E-state index contributed by atoms with van der Waals surface area (Å²) in [6.45, 7) is 2.89. The zero-order chi connectivity index (χ0) is 16.8. The number of furan rings is 1. The zero-order valence-electron chi connectivity index (χ0n) is 13.7. The summed E-state index contributed by atoms with van der Waals surface area (Å²) in [6, 6.07) is 16.7.